The van der Waals surface area contributed by atoms with Gasteiger partial charge in [-0.25, -0.2) is 8.42 Å². The number of hydrogen-bond donors (Lipinski definition) is 0. The molecule has 0 radical (unpaired) electrons. The number of benzene rings is 2. The van der Waals surface area contributed by atoms with Crippen LogP contribution in [0.2, 0.25) is 0 Å². The molecule has 0 unspecified atom stereocenters. The van der Waals surface area contributed by atoms with Gasteiger partial charge in [-0.05, 0) is 41.0 Å². The van der Waals surface area contributed by atoms with Crippen LogP contribution in [0, 0.1) is 6.92 Å². The second-order valence-electron chi connectivity index (χ2n) is 4.02. The van der Waals surface area contributed by atoms with E-state index < -0.39 is 8.87 Å². The maximum Gasteiger partial charge on any atom is 0.230 e. The van der Waals surface area contributed by atoms with Crippen LogP contribution in [0.3, 0.4) is 0 Å². The molecule has 0 aliphatic heterocycles. The van der Waals surface area contributed by atoms with Crippen molar-refractivity contribution in [2.24, 2.45) is 0 Å². The average Bonchev–Trinajstić information content (AvgIpc) is 2.38. The van der Waals surface area contributed by atoms with E-state index in [2.05, 4.69) is 0 Å². The summed E-state index contributed by atoms with van der Waals surface area (Å²) in [6.45, 7) is 1.89. The smallest absolute Gasteiger partial charge is 0.212 e. The molecule has 94 valence electrons. The van der Waals surface area contributed by atoms with Gasteiger partial charge in [-0.2, -0.15) is 0 Å². The van der Waals surface area contributed by atoms with Crippen molar-refractivity contribution in [1.82, 2.24) is 0 Å². The summed E-state index contributed by atoms with van der Waals surface area (Å²) in [4.78, 5) is 0.378. The van der Waals surface area contributed by atoms with Crippen molar-refractivity contribution in [2.45, 2.75) is 17.6 Å². The lowest BCUT2D eigenvalue weighted by atomic mass is 10.2. The maximum atomic E-state index is 12.1. The Morgan fingerprint density at radius 2 is 1.72 bits per heavy atom. The lowest BCUT2D eigenvalue weighted by molar-refractivity contribution is 0.610. The van der Waals surface area contributed by atoms with Gasteiger partial charge < -0.3 is 0 Å². The predicted octanol–water partition coefficient (Wildman–Crippen LogP) is 3.62. The molecule has 0 saturated heterocycles. The van der Waals surface area contributed by atoms with Crippen molar-refractivity contribution < 1.29 is 8.42 Å². The summed E-state index contributed by atoms with van der Waals surface area (Å²) in [6.07, 6.45) is 0. The molecule has 2 aromatic rings. The first-order chi connectivity index (χ1) is 8.58. The first-order valence-corrected chi connectivity index (χ1v) is 8.56. The Morgan fingerprint density at radius 3 is 2.39 bits per heavy atom. The van der Waals surface area contributed by atoms with Crippen LogP contribution in [0.25, 0.3) is 0 Å². The molecule has 0 N–H and O–H groups in total. The van der Waals surface area contributed by atoms with Crippen LogP contribution in [-0.4, -0.2) is 8.42 Å². The molecule has 0 aliphatic rings. The molecular weight excluding hydrogens is 264 g/mol. The SMILES string of the molecule is Cc1cccc(S(=O)(=O)SCc2ccccc2)c1. The third-order valence-corrected chi connectivity index (χ3v) is 5.96. The highest BCUT2D eigenvalue weighted by atomic mass is 33.1. The highest BCUT2D eigenvalue weighted by Crippen LogP contribution is 2.26. The van der Waals surface area contributed by atoms with Crippen molar-refractivity contribution in [1.29, 1.82) is 0 Å². The van der Waals surface area contributed by atoms with Crippen molar-refractivity contribution in [2.75, 3.05) is 0 Å². The van der Waals surface area contributed by atoms with Crippen LogP contribution in [0.15, 0.2) is 59.5 Å². The monoisotopic (exact) mass is 278 g/mol. The van der Waals surface area contributed by atoms with E-state index >= 15 is 0 Å². The van der Waals surface area contributed by atoms with Crippen LogP contribution in [0.1, 0.15) is 11.1 Å². The van der Waals surface area contributed by atoms with Crippen molar-refractivity contribution in [3.63, 3.8) is 0 Å². The molecule has 2 nitrogen and oxygen atoms in total. The molecule has 0 fully saturated rings. The van der Waals surface area contributed by atoms with Gasteiger partial charge in [-0.1, -0.05) is 42.5 Å². The summed E-state index contributed by atoms with van der Waals surface area (Å²) in [5, 5.41) is 0. The van der Waals surface area contributed by atoms with Crippen molar-refractivity contribution >= 4 is 19.7 Å². The summed E-state index contributed by atoms with van der Waals surface area (Å²) in [5.41, 5.74) is 1.97. The zero-order chi connectivity index (χ0) is 13.0. The summed E-state index contributed by atoms with van der Waals surface area (Å²) in [5.74, 6) is 0.469. The molecule has 0 heterocycles. The van der Waals surface area contributed by atoms with Gasteiger partial charge in [0.05, 0.1) is 4.90 Å². The molecule has 0 aromatic heterocycles. The van der Waals surface area contributed by atoms with Gasteiger partial charge >= 0.3 is 0 Å². The Hall–Kier alpha value is -1.26. The Kier molecular flexibility index (Phi) is 4.09. The van der Waals surface area contributed by atoms with Crippen LogP contribution >= 0.6 is 10.8 Å². The highest BCUT2D eigenvalue weighted by Gasteiger charge is 2.15. The van der Waals surface area contributed by atoms with E-state index in [0.717, 1.165) is 21.9 Å². The quantitative estimate of drug-likeness (QED) is 0.801. The maximum absolute atomic E-state index is 12.1. The van der Waals surface area contributed by atoms with Crippen LogP contribution < -0.4 is 0 Å². The molecule has 0 atom stereocenters. The van der Waals surface area contributed by atoms with Crippen molar-refractivity contribution in [3.05, 3.63) is 65.7 Å². The second-order valence-corrected chi connectivity index (χ2v) is 7.95. The van der Waals surface area contributed by atoms with E-state index in [1.807, 2.05) is 43.3 Å². The second kappa shape index (κ2) is 5.59. The minimum absolute atomic E-state index is 0.378. The highest BCUT2D eigenvalue weighted by molar-refractivity contribution is 8.71. The first kappa shape index (κ1) is 13.2. The van der Waals surface area contributed by atoms with E-state index in [-0.39, 0.29) is 0 Å². The molecule has 0 saturated carbocycles. The molecule has 0 amide bonds. The fraction of sp³-hybridized carbons (Fsp3) is 0.143. The van der Waals surface area contributed by atoms with E-state index in [1.165, 1.54) is 0 Å². The fourth-order valence-corrected chi connectivity index (χ4v) is 4.35. The molecule has 4 heteroatoms. The van der Waals surface area contributed by atoms with E-state index in [0.29, 0.717) is 10.6 Å². The summed E-state index contributed by atoms with van der Waals surface area (Å²) in [7, 11) is -2.30. The van der Waals surface area contributed by atoms with E-state index in [9.17, 15) is 8.42 Å². The largest absolute Gasteiger partial charge is 0.230 e. The standard InChI is InChI=1S/C14H14O2S2/c1-12-6-5-9-14(10-12)18(15,16)17-11-13-7-3-2-4-8-13/h2-10H,11H2,1H3. The minimum atomic E-state index is -3.26. The minimum Gasteiger partial charge on any atom is -0.212 e. The Bertz CT molecular complexity index is 619. The third-order valence-electron chi connectivity index (χ3n) is 2.50. The Morgan fingerprint density at radius 1 is 1.00 bits per heavy atom. The molecular formula is C14H14O2S2. The lowest BCUT2D eigenvalue weighted by Gasteiger charge is -2.04. The molecule has 2 rings (SSSR count). The first-order valence-electron chi connectivity index (χ1n) is 5.58. The van der Waals surface area contributed by atoms with Gasteiger partial charge in [0.2, 0.25) is 8.87 Å². The Balaban J connectivity index is 2.13. The average molecular weight is 278 g/mol. The van der Waals surface area contributed by atoms with Crippen LogP contribution in [-0.2, 0) is 14.6 Å². The summed E-state index contributed by atoms with van der Waals surface area (Å²) >= 11 is 0. The van der Waals surface area contributed by atoms with Gasteiger partial charge in [-0.15, -0.1) is 0 Å². The number of rotatable bonds is 4. The number of hydrogen-bond acceptors (Lipinski definition) is 3. The normalized spacial score (nSPS) is 11.4. The predicted molar refractivity (Wildman–Crippen MR) is 76.1 cm³/mol. The van der Waals surface area contributed by atoms with E-state index in [1.54, 1.807) is 18.2 Å². The molecule has 2 aromatic carbocycles. The van der Waals surface area contributed by atoms with Gasteiger partial charge in [0, 0.05) is 5.75 Å². The topological polar surface area (TPSA) is 34.1 Å². The van der Waals surface area contributed by atoms with Gasteiger partial charge in [0.1, 0.15) is 0 Å². The molecule has 0 aliphatic carbocycles. The molecule has 0 bridgehead atoms. The zero-order valence-corrected chi connectivity index (χ0v) is 11.7. The van der Waals surface area contributed by atoms with Gasteiger partial charge in [0.25, 0.3) is 0 Å². The zero-order valence-electron chi connectivity index (χ0n) is 10.0. The molecule has 0 spiro atoms. The van der Waals surface area contributed by atoms with Crippen molar-refractivity contribution in [3.8, 4) is 0 Å². The number of aryl methyl sites for hydroxylation is 1. The molecule has 18 heavy (non-hydrogen) atoms. The van der Waals surface area contributed by atoms with Gasteiger partial charge in [-0.3, -0.25) is 0 Å². The van der Waals surface area contributed by atoms with E-state index in [4.69, 9.17) is 0 Å². The summed E-state index contributed by atoms with van der Waals surface area (Å²) < 4.78 is 24.2. The van der Waals surface area contributed by atoms with Gasteiger partial charge in [0.15, 0.2) is 0 Å². The fourth-order valence-electron chi connectivity index (χ4n) is 1.56. The summed E-state index contributed by atoms with van der Waals surface area (Å²) in [6, 6.07) is 16.6. The third kappa shape index (κ3) is 3.37. The Labute approximate surface area is 111 Å². The van der Waals surface area contributed by atoms with Crippen LogP contribution in [0.4, 0.5) is 0 Å². The lowest BCUT2D eigenvalue weighted by Crippen LogP contribution is -1.96. The van der Waals surface area contributed by atoms with Crippen LogP contribution in [0.5, 0.6) is 0 Å².